The zero-order valence-electron chi connectivity index (χ0n) is 15.8. The maximum atomic E-state index is 13.4. The van der Waals surface area contributed by atoms with E-state index in [-0.39, 0.29) is 11.0 Å². The summed E-state index contributed by atoms with van der Waals surface area (Å²) in [7, 11) is 0. The third-order valence-electron chi connectivity index (χ3n) is 4.91. The Labute approximate surface area is 172 Å². The molecule has 0 amide bonds. The van der Waals surface area contributed by atoms with Gasteiger partial charge in [0.2, 0.25) is 6.20 Å². The quantitative estimate of drug-likeness (QED) is 0.256. The van der Waals surface area contributed by atoms with Crippen molar-refractivity contribution in [1.29, 1.82) is 0 Å². The SMILES string of the molecule is CCSc1cc(C2CC2)c[n+](O)c1-c1cc2ncn(CC(F)(F)C(F)(F)F)c2cn1. The van der Waals surface area contributed by atoms with Crippen LogP contribution in [-0.2, 0) is 6.54 Å². The molecule has 30 heavy (non-hydrogen) atoms. The van der Waals surface area contributed by atoms with Crippen molar-refractivity contribution in [3.05, 3.63) is 36.4 Å². The van der Waals surface area contributed by atoms with Crippen LogP contribution in [0.1, 0.15) is 31.2 Å². The van der Waals surface area contributed by atoms with Gasteiger partial charge in [-0.3, -0.25) is 5.21 Å². The van der Waals surface area contributed by atoms with Crippen molar-refractivity contribution < 1.29 is 31.9 Å². The summed E-state index contributed by atoms with van der Waals surface area (Å²) >= 11 is 1.52. The van der Waals surface area contributed by atoms with Crippen molar-refractivity contribution in [2.75, 3.05) is 5.75 Å². The molecule has 1 N–H and O–H groups in total. The molecule has 0 aromatic carbocycles. The van der Waals surface area contributed by atoms with E-state index in [0.29, 0.717) is 17.3 Å². The number of thioether (sulfide) groups is 1. The van der Waals surface area contributed by atoms with Crippen LogP contribution in [0.15, 0.2) is 35.7 Å². The molecular weight excluding hydrogens is 427 g/mol. The minimum Gasteiger partial charge on any atom is -0.323 e. The van der Waals surface area contributed by atoms with E-state index in [1.54, 1.807) is 6.20 Å². The van der Waals surface area contributed by atoms with Crippen LogP contribution in [0.4, 0.5) is 22.0 Å². The number of aromatic nitrogens is 4. The normalized spacial score (nSPS) is 15.1. The molecular formula is C19H18F5N4OS+. The van der Waals surface area contributed by atoms with Crippen molar-refractivity contribution >= 4 is 22.8 Å². The summed E-state index contributed by atoms with van der Waals surface area (Å²) in [6.45, 7) is 0.389. The molecule has 160 valence electrons. The fourth-order valence-corrected chi connectivity index (χ4v) is 4.11. The van der Waals surface area contributed by atoms with Gasteiger partial charge in [0.25, 0.3) is 5.69 Å². The number of hydrogen-bond donors (Lipinski definition) is 1. The summed E-state index contributed by atoms with van der Waals surface area (Å²) < 4.78 is 66.2. The highest BCUT2D eigenvalue weighted by atomic mass is 32.2. The van der Waals surface area contributed by atoms with E-state index in [9.17, 15) is 27.2 Å². The topological polar surface area (TPSA) is 54.8 Å². The Morgan fingerprint density at radius 1 is 1.20 bits per heavy atom. The Balaban J connectivity index is 1.73. The lowest BCUT2D eigenvalue weighted by Gasteiger charge is -2.20. The van der Waals surface area contributed by atoms with Crippen LogP contribution in [0.25, 0.3) is 22.4 Å². The fraction of sp³-hybridized carbons (Fsp3) is 0.421. The van der Waals surface area contributed by atoms with Crippen molar-refractivity contribution in [2.45, 2.75) is 49.2 Å². The van der Waals surface area contributed by atoms with Crippen LogP contribution in [0.2, 0.25) is 0 Å². The van der Waals surface area contributed by atoms with Gasteiger partial charge in [-0.15, -0.1) is 11.8 Å². The maximum absolute atomic E-state index is 13.4. The number of pyridine rings is 2. The molecule has 0 saturated heterocycles. The van der Waals surface area contributed by atoms with E-state index in [1.165, 1.54) is 24.0 Å². The summed E-state index contributed by atoms with van der Waals surface area (Å²) in [6.07, 6.45) is 0.232. The second-order valence-electron chi connectivity index (χ2n) is 7.17. The maximum Gasteiger partial charge on any atom is 0.455 e. The number of nitrogens with zero attached hydrogens (tertiary/aromatic N) is 4. The molecule has 1 aliphatic rings. The van der Waals surface area contributed by atoms with E-state index >= 15 is 0 Å². The van der Waals surface area contributed by atoms with Gasteiger partial charge in [0.15, 0.2) is 0 Å². The van der Waals surface area contributed by atoms with E-state index in [1.807, 2.05) is 13.0 Å². The van der Waals surface area contributed by atoms with Gasteiger partial charge in [-0.2, -0.15) is 22.0 Å². The van der Waals surface area contributed by atoms with Crippen LogP contribution in [-0.4, -0.2) is 37.6 Å². The monoisotopic (exact) mass is 445 g/mol. The van der Waals surface area contributed by atoms with E-state index < -0.39 is 18.6 Å². The van der Waals surface area contributed by atoms with Gasteiger partial charge in [-0.1, -0.05) is 6.92 Å². The highest BCUT2D eigenvalue weighted by Crippen LogP contribution is 2.42. The van der Waals surface area contributed by atoms with Crippen LogP contribution in [0, 0.1) is 0 Å². The molecule has 0 unspecified atom stereocenters. The van der Waals surface area contributed by atoms with Gasteiger partial charge >= 0.3 is 12.1 Å². The predicted octanol–water partition coefficient (Wildman–Crippen LogP) is 4.81. The van der Waals surface area contributed by atoms with Crippen molar-refractivity contribution in [3.8, 4) is 11.4 Å². The Morgan fingerprint density at radius 2 is 1.93 bits per heavy atom. The third-order valence-corrected chi connectivity index (χ3v) is 5.82. The van der Waals surface area contributed by atoms with Crippen LogP contribution in [0.5, 0.6) is 0 Å². The lowest BCUT2D eigenvalue weighted by Crippen LogP contribution is -2.40. The van der Waals surface area contributed by atoms with Crippen molar-refractivity contribution in [3.63, 3.8) is 0 Å². The molecule has 1 saturated carbocycles. The molecule has 3 aromatic heterocycles. The summed E-state index contributed by atoms with van der Waals surface area (Å²) in [6, 6.07) is 3.47. The summed E-state index contributed by atoms with van der Waals surface area (Å²) in [5, 5.41) is 10.6. The van der Waals surface area contributed by atoms with Crippen LogP contribution >= 0.6 is 11.8 Å². The lowest BCUT2D eigenvalue weighted by atomic mass is 10.1. The second kappa shape index (κ2) is 7.36. The third kappa shape index (κ3) is 3.82. The average Bonchev–Trinajstić information content (AvgIpc) is 3.43. The number of imidazole rings is 1. The standard InChI is InChI=1S/C19H18F5N4OS/c1-2-30-16-5-12(11-3-4-11)8-28(29)17(16)14-6-13-15(7-25-14)27(10-26-13)9-18(20,21)19(22,23)24/h5-8,10-11,29H,2-4,9H2,1H3/q+1. The van der Waals surface area contributed by atoms with Gasteiger partial charge in [0.05, 0.1) is 35.0 Å². The van der Waals surface area contributed by atoms with E-state index in [0.717, 1.165) is 44.7 Å². The first-order valence-electron chi connectivity index (χ1n) is 9.28. The fourth-order valence-electron chi connectivity index (χ4n) is 3.24. The van der Waals surface area contributed by atoms with E-state index in [4.69, 9.17) is 0 Å². The number of fused-ring (bicyclic) bond motifs is 1. The first-order valence-corrected chi connectivity index (χ1v) is 10.3. The molecule has 5 nitrogen and oxygen atoms in total. The highest BCUT2D eigenvalue weighted by molar-refractivity contribution is 7.99. The molecule has 1 aliphatic carbocycles. The van der Waals surface area contributed by atoms with Gasteiger partial charge in [-0.25, -0.2) is 9.97 Å². The largest absolute Gasteiger partial charge is 0.455 e. The molecule has 0 bridgehead atoms. The molecule has 11 heteroatoms. The van der Waals surface area contributed by atoms with Crippen LogP contribution < -0.4 is 4.73 Å². The zero-order chi connectivity index (χ0) is 21.7. The number of alkyl halides is 5. The Kier molecular flexibility index (Phi) is 5.11. The number of hydrogen-bond acceptors (Lipinski definition) is 4. The van der Waals surface area contributed by atoms with Gasteiger partial charge in [-0.05, 0) is 36.6 Å². The van der Waals surface area contributed by atoms with Crippen molar-refractivity contribution in [1.82, 2.24) is 14.5 Å². The molecule has 3 aromatic rings. The highest BCUT2D eigenvalue weighted by Gasteiger charge is 2.57. The zero-order valence-corrected chi connectivity index (χ0v) is 16.6. The molecule has 0 atom stereocenters. The Morgan fingerprint density at radius 3 is 2.57 bits per heavy atom. The average molecular weight is 445 g/mol. The van der Waals surface area contributed by atoms with Gasteiger partial charge < -0.3 is 4.57 Å². The van der Waals surface area contributed by atoms with Gasteiger partial charge in [0, 0.05) is 10.3 Å². The molecule has 4 rings (SSSR count). The van der Waals surface area contributed by atoms with E-state index in [2.05, 4.69) is 9.97 Å². The second-order valence-corrected chi connectivity index (χ2v) is 8.48. The number of rotatable bonds is 6. The predicted molar refractivity (Wildman–Crippen MR) is 99.7 cm³/mol. The minimum absolute atomic E-state index is 0.0476. The molecule has 3 heterocycles. The smallest absolute Gasteiger partial charge is 0.323 e. The van der Waals surface area contributed by atoms with Crippen LogP contribution in [0.3, 0.4) is 0 Å². The number of halogens is 5. The van der Waals surface area contributed by atoms with Gasteiger partial charge in [0.1, 0.15) is 5.69 Å². The summed E-state index contributed by atoms with van der Waals surface area (Å²) in [5.41, 5.74) is 2.04. The Bertz CT molecular complexity index is 1090. The minimum atomic E-state index is -5.66. The molecule has 0 radical (unpaired) electrons. The lowest BCUT2D eigenvalue weighted by molar-refractivity contribution is -0.897. The first-order chi connectivity index (χ1) is 14.1. The molecule has 1 fully saturated rings. The first kappa shape index (κ1) is 20.8. The van der Waals surface area contributed by atoms with Crippen molar-refractivity contribution in [2.24, 2.45) is 0 Å². The summed E-state index contributed by atoms with van der Waals surface area (Å²) in [4.78, 5) is 8.98. The Hall–Kier alpha value is -2.43. The molecule has 0 aliphatic heterocycles. The summed E-state index contributed by atoms with van der Waals surface area (Å²) in [5.74, 6) is -3.71. The molecule has 0 spiro atoms.